The lowest BCUT2D eigenvalue weighted by molar-refractivity contribution is -0.126. The van der Waals surface area contributed by atoms with Crippen molar-refractivity contribution >= 4 is 29.1 Å². The van der Waals surface area contributed by atoms with Gasteiger partial charge >= 0.3 is 0 Å². The minimum atomic E-state index is 0.0919. The van der Waals surface area contributed by atoms with Crippen molar-refractivity contribution in [3.8, 4) is 0 Å². The molecule has 2 rings (SSSR count). The van der Waals surface area contributed by atoms with Crippen LogP contribution < -0.4 is 10.6 Å². The summed E-state index contributed by atoms with van der Waals surface area (Å²) in [6.45, 7) is 5.61. The van der Waals surface area contributed by atoms with Crippen LogP contribution in [0.5, 0.6) is 0 Å². The molecule has 1 aromatic carbocycles. The Bertz CT molecular complexity index is 487. The zero-order valence-corrected chi connectivity index (χ0v) is 14.0. The summed E-state index contributed by atoms with van der Waals surface area (Å²) in [4.78, 5) is 12.2. The van der Waals surface area contributed by atoms with E-state index in [0.29, 0.717) is 22.6 Å². The molecule has 3 atom stereocenters. The fourth-order valence-electron chi connectivity index (χ4n) is 2.85. The largest absolute Gasteiger partial charge is 0.355 e. The zero-order chi connectivity index (χ0) is 15.4. The minimum absolute atomic E-state index is 0.0919. The van der Waals surface area contributed by atoms with Gasteiger partial charge in [0.05, 0.1) is 0 Å². The van der Waals surface area contributed by atoms with E-state index < -0.39 is 0 Å². The molecule has 116 valence electrons. The Hall–Kier alpha value is -0.770. The predicted octanol–water partition coefficient (Wildman–Crippen LogP) is 3.60. The second-order valence-electron chi connectivity index (χ2n) is 5.86. The van der Waals surface area contributed by atoms with Crippen LogP contribution in [0.3, 0.4) is 0 Å². The second kappa shape index (κ2) is 7.48. The number of hydrogen-bond donors (Lipinski definition) is 2. The highest BCUT2D eigenvalue weighted by Crippen LogP contribution is 2.31. The van der Waals surface area contributed by atoms with Gasteiger partial charge in [0.15, 0.2) is 0 Å². The summed E-state index contributed by atoms with van der Waals surface area (Å²) in [7, 11) is 0. The fourth-order valence-corrected chi connectivity index (χ4v) is 3.62. The first kappa shape index (κ1) is 16.6. The Kier molecular flexibility index (Phi) is 5.91. The second-order valence-corrected chi connectivity index (χ2v) is 6.67. The van der Waals surface area contributed by atoms with E-state index in [1.54, 1.807) is 0 Å². The molecule has 0 saturated carbocycles. The molecule has 0 radical (unpaired) electrons. The summed E-state index contributed by atoms with van der Waals surface area (Å²) >= 11 is 12.4. The normalized spacial score (nSPS) is 23.6. The van der Waals surface area contributed by atoms with Gasteiger partial charge in [-0.1, -0.05) is 36.2 Å². The minimum Gasteiger partial charge on any atom is -0.355 e. The van der Waals surface area contributed by atoms with Gasteiger partial charge < -0.3 is 10.6 Å². The molecule has 1 aromatic rings. The third-order valence-electron chi connectivity index (χ3n) is 4.07. The molecular formula is C16H22Cl2N2O. The Morgan fingerprint density at radius 3 is 2.71 bits per heavy atom. The van der Waals surface area contributed by atoms with Crippen LogP contribution in [0.15, 0.2) is 18.2 Å². The number of hydrogen-bond acceptors (Lipinski definition) is 2. The van der Waals surface area contributed by atoms with Crippen molar-refractivity contribution in [3.63, 3.8) is 0 Å². The number of benzene rings is 1. The zero-order valence-electron chi connectivity index (χ0n) is 12.5. The molecule has 0 spiro atoms. The maximum Gasteiger partial charge on any atom is 0.223 e. The van der Waals surface area contributed by atoms with Crippen LogP contribution in [0.4, 0.5) is 0 Å². The van der Waals surface area contributed by atoms with E-state index in [1.165, 1.54) is 0 Å². The van der Waals surface area contributed by atoms with Gasteiger partial charge in [0.2, 0.25) is 5.91 Å². The highest BCUT2D eigenvalue weighted by atomic mass is 35.5. The average molecular weight is 329 g/mol. The lowest BCUT2D eigenvalue weighted by atomic mass is 9.92. The predicted molar refractivity (Wildman–Crippen MR) is 88.1 cm³/mol. The van der Waals surface area contributed by atoms with Crippen molar-refractivity contribution in [3.05, 3.63) is 33.8 Å². The maximum absolute atomic E-state index is 12.2. The van der Waals surface area contributed by atoms with Crippen molar-refractivity contribution in [2.45, 2.75) is 38.6 Å². The van der Waals surface area contributed by atoms with Crippen molar-refractivity contribution in [1.29, 1.82) is 0 Å². The highest BCUT2D eigenvalue weighted by molar-refractivity contribution is 6.36. The van der Waals surface area contributed by atoms with Crippen molar-refractivity contribution < 1.29 is 4.79 Å². The number of carbonyl (C=O) groups excluding carboxylic acids is 1. The van der Waals surface area contributed by atoms with Gasteiger partial charge in [-0.05, 0) is 44.0 Å². The standard InChI is InChI=1S/C16H22Cl2N2O/c1-10(15-13(17)4-3-5-14(15)18)9-20-16(21)12-6-7-19-11(2)8-12/h3-5,10-12,19H,6-9H2,1-2H3,(H,20,21)/t10?,11-,12-/m0/s1. The molecule has 1 unspecified atom stereocenters. The lowest BCUT2D eigenvalue weighted by Gasteiger charge is -2.27. The van der Waals surface area contributed by atoms with Gasteiger partial charge in [-0.25, -0.2) is 0 Å². The first-order chi connectivity index (χ1) is 9.99. The van der Waals surface area contributed by atoms with Crippen LogP contribution in [0.2, 0.25) is 10.0 Å². The van der Waals surface area contributed by atoms with Crippen molar-refractivity contribution in [2.75, 3.05) is 13.1 Å². The summed E-state index contributed by atoms with van der Waals surface area (Å²) in [6.07, 6.45) is 1.80. The molecule has 1 fully saturated rings. The smallest absolute Gasteiger partial charge is 0.223 e. The van der Waals surface area contributed by atoms with Crippen LogP contribution in [0.1, 0.15) is 38.2 Å². The Morgan fingerprint density at radius 2 is 2.10 bits per heavy atom. The third-order valence-corrected chi connectivity index (χ3v) is 4.73. The van der Waals surface area contributed by atoms with E-state index in [1.807, 2.05) is 25.1 Å². The molecule has 5 heteroatoms. The van der Waals surface area contributed by atoms with Crippen LogP contribution in [-0.4, -0.2) is 25.0 Å². The topological polar surface area (TPSA) is 41.1 Å². The van der Waals surface area contributed by atoms with Gasteiger partial charge in [-0.2, -0.15) is 0 Å². The summed E-state index contributed by atoms with van der Waals surface area (Å²) in [5, 5.41) is 7.70. The SMILES string of the molecule is CC(CNC(=O)[C@H]1CCN[C@@H](C)C1)c1c(Cl)cccc1Cl. The van der Waals surface area contributed by atoms with E-state index in [4.69, 9.17) is 23.2 Å². The Balaban J connectivity index is 1.91. The van der Waals surface area contributed by atoms with Crippen LogP contribution in [0, 0.1) is 5.92 Å². The number of nitrogens with one attached hydrogen (secondary N) is 2. The Labute approximate surface area is 136 Å². The van der Waals surface area contributed by atoms with Crippen LogP contribution >= 0.6 is 23.2 Å². The average Bonchev–Trinajstić information content (AvgIpc) is 2.44. The summed E-state index contributed by atoms with van der Waals surface area (Å²) in [6, 6.07) is 5.89. The number of halogens is 2. The number of amides is 1. The lowest BCUT2D eigenvalue weighted by Crippen LogP contribution is -2.43. The number of rotatable bonds is 4. The fraction of sp³-hybridized carbons (Fsp3) is 0.562. The van der Waals surface area contributed by atoms with E-state index in [-0.39, 0.29) is 17.7 Å². The van der Waals surface area contributed by atoms with E-state index in [9.17, 15) is 4.79 Å². The molecule has 1 amide bonds. The van der Waals surface area contributed by atoms with Gasteiger partial charge in [0.25, 0.3) is 0 Å². The molecule has 2 N–H and O–H groups in total. The van der Waals surface area contributed by atoms with Gasteiger partial charge in [0, 0.05) is 34.5 Å². The molecule has 0 bridgehead atoms. The summed E-state index contributed by atoms with van der Waals surface area (Å²) in [5.74, 6) is 0.336. The molecule has 3 nitrogen and oxygen atoms in total. The maximum atomic E-state index is 12.2. The highest BCUT2D eigenvalue weighted by Gasteiger charge is 2.25. The molecule has 1 saturated heterocycles. The number of carbonyl (C=O) groups is 1. The van der Waals surface area contributed by atoms with Crippen molar-refractivity contribution in [2.24, 2.45) is 5.92 Å². The van der Waals surface area contributed by atoms with Gasteiger partial charge in [-0.3, -0.25) is 4.79 Å². The van der Waals surface area contributed by atoms with E-state index in [2.05, 4.69) is 17.6 Å². The first-order valence-corrected chi connectivity index (χ1v) is 8.19. The molecular weight excluding hydrogens is 307 g/mol. The van der Waals surface area contributed by atoms with Crippen LogP contribution in [-0.2, 0) is 4.79 Å². The summed E-state index contributed by atoms with van der Waals surface area (Å²) < 4.78 is 0. The first-order valence-electron chi connectivity index (χ1n) is 7.44. The van der Waals surface area contributed by atoms with Gasteiger partial charge in [0.1, 0.15) is 0 Å². The monoisotopic (exact) mass is 328 g/mol. The van der Waals surface area contributed by atoms with Crippen LogP contribution in [0.25, 0.3) is 0 Å². The van der Waals surface area contributed by atoms with E-state index >= 15 is 0 Å². The molecule has 0 aliphatic carbocycles. The molecule has 0 aromatic heterocycles. The third kappa shape index (κ3) is 4.35. The van der Waals surface area contributed by atoms with Gasteiger partial charge in [-0.15, -0.1) is 0 Å². The van der Waals surface area contributed by atoms with E-state index in [0.717, 1.165) is 24.9 Å². The van der Waals surface area contributed by atoms with Crippen molar-refractivity contribution in [1.82, 2.24) is 10.6 Å². The quantitative estimate of drug-likeness (QED) is 0.886. The molecule has 1 aliphatic heterocycles. The molecule has 1 heterocycles. The molecule has 1 aliphatic rings. The summed E-state index contributed by atoms with van der Waals surface area (Å²) in [5.41, 5.74) is 0.903. The Morgan fingerprint density at radius 1 is 1.43 bits per heavy atom. The molecule has 21 heavy (non-hydrogen) atoms. The number of piperidine rings is 1.